The van der Waals surface area contributed by atoms with Gasteiger partial charge >= 0.3 is 0 Å². The van der Waals surface area contributed by atoms with Crippen molar-refractivity contribution < 1.29 is 14.3 Å². The Bertz CT molecular complexity index is 1040. The Morgan fingerprint density at radius 1 is 0.844 bits per heavy atom. The highest BCUT2D eigenvalue weighted by Crippen LogP contribution is 2.19. The fourth-order valence-electron chi connectivity index (χ4n) is 3.39. The van der Waals surface area contributed by atoms with E-state index in [1.807, 2.05) is 61.5 Å². The first-order chi connectivity index (χ1) is 15.6. The molecule has 0 fully saturated rings. The van der Waals surface area contributed by atoms with Gasteiger partial charge in [-0.3, -0.25) is 14.5 Å². The molecule has 0 saturated carbocycles. The van der Waals surface area contributed by atoms with Crippen LogP contribution in [0.2, 0.25) is 0 Å². The number of nitrogens with one attached hydrogen (secondary N) is 2. The van der Waals surface area contributed by atoms with Crippen molar-refractivity contribution in [3.63, 3.8) is 0 Å². The van der Waals surface area contributed by atoms with E-state index in [1.165, 1.54) is 5.56 Å². The van der Waals surface area contributed by atoms with E-state index >= 15 is 0 Å². The molecule has 0 atom stereocenters. The summed E-state index contributed by atoms with van der Waals surface area (Å²) in [5, 5.41) is 5.85. The molecule has 0 spiro atoms. The van der Waals surface area contributed by atoms with Crippen molar-refractivity contribution in [1.29, 1.82) is 0 Å². The van der Waals surface area contributed by atoms with E-state index in [-0.39, 0.29) is 24.9 Å². The predicted molar refractivity (Wildman–Crippen MR) is 128 cm³/mol. The Morgan fingerprint density at radius 3 is 2.25 bits per heavy atom. The monoisotopic (exact) mass is 431 g/mol. The molecule has 0 bridgehead atoms. The van der Waals surface area contributed by atoms with Gasteiger partial charge < -0.3 is 15.4 Å². The van der Waals surface area contributed by atoms with E-state index in [4.69, 9.17) is 4.74 Å². The molecule has 6 nitrogen and oxygen atoms in total. The molecule has 0 unspecified atom stereocenters. The molecule has 166 valence electrons. The summed E-state index contributed by atoms with van der Waals surface area (Å²) in [6.45, 7) is 2.74. The van der Waals surface area contributed by atoms with Gasteiger partial charge in [-0.05, 0) is 42.3 Å². The molecule has 32 heavy (non-hydrogen) atoms. The van der Waals surface area contributed by atoms with Gasteiger partial charge in [-0.1, -0.05) is 61.5 Å². The summed E-state index contributed by atoms with van der Waals surface area (Å²) < 4.78 is 5.18. The zero-order valence-corrected chi connectivity index (χ0v) is 18.5. The number of benzene rings is 3. The third-order valence-corrected chi connectivity index (χ3v) is 5.06. The number of likely N-dealkylation sites (N-methyl/N-ethyl adjacent to an activating group) is 1. The van der Waals surface area contributed by atoms with E-state index in [1.54, 1.807) is 24.1 Å². The Balaban J connectivity index is 1.57. The smallest absolute Gasteiger partial charge is 0.238 e. The first-order valence-electron chi connectivity index (χ1n) is 10.7. The molecule has 6 heteroatoms. The maximum absolute atomic E-state index is 12.7. The van der Waals surface area contributed by atoms with Gasteiger partial charge in [0, 0.05) is 17.4 Å². The van der Waals surface area contributed by atoms with Crippen LogP contribution in [0.5, 0.6) is 5.75 Å². The number of ether oxygens (including phenoxy) is 1. The number of para-hydroxylation sites is 1. The summed E-state index contributed by atoms with van der Waals surface area (Å²) in [6, 6.07) is 25.1. The molecule has 0 aromatic heterocycles. The summed E-state index contributed by atoms with van der Waals surface area (Å²) in [4.78, 5) is 27.0. The summed E-state index contributed by atoms with van der Waals surface area (Å²) in [6.07, 6.45) is 0.734. The first-order valence-corrected chi connectivity index (χ1v) is 10.7. The second-order valence-electron chi connectivity index (χ2n) is 7.45. The SMILES string of the molecule is CCN(CC(=O)Nc1cccc(OC)c1)CC(=O)Nc1ccccc1Cc1ccccc1. The maximum Gasteiger partial charge on any atom is 0.238 e. The van der Waals surface area contributed by atoms with Crippen molar-refractivity contribution in [1.82, 2.24) is 4.90 Å². The van der Waals surface area contributed by atoms with Crippen LogP contribution in [0.4, 0.5) is 11.4 Å². The zero-order chi connectivity index (χ0) is 22.8. The molecular weight excluding hydrogens is 402 g/mol. The predicted octanol–water partition coefficient (Wildman–Crippen LogP) is 4.19. The number of methoxy groups -OCH3 is 1. The third-order valence-electron chi connectivity index (χ3n) is 5.06. The lowest BCUT2D eigenvalue weighted by Gasteiger charge is -2.20. The van der Waals surface area contributed by atoms with Crippen LogP contribution >= 0.6 is 0 Å². The highest BCUT2D eigenvalue weighted by molar-refractivity contribution is 5.95. The van der Waals surface area contributed by atoms with Gasteiger partial charge in [0.05, 0.1) is 20.2 Å². The van der Waals surface area contributed by atoms with Gasteiger partial charge in [-0.15, -0.1) is 0 Å². The van der Waals surface area contributed by atoms with Gasteiger partial charge in [-0.2, -0.15) is 0 Å². The van der Waals surface area contributed by atoms with Crippen molar-refractivity contribution in [3.05, 3.63) is 90.0 Å². The van der Waals surface area contributed by atoms with Crippen LogP contribution in [0.1, 0.15) is 18.1 Å². The minimum absolute atomic E-state index is 0.118. The number of carbonyl (C=O) groups is 2. The lowest BCUT2D eigenvalue weighted by molar-refractivity contribution is -0.119. The minimum atomic E-state index is -0.183. The molecule has 0 aliphatic heterocycles. The van der Waals surface area contributed by atoms with Crippen LogP contribution in [-0.4, -0.2) is 43.5 Å². The van der Waals surface area contributed by atoms with E-state index < -0.39 is 0 Å². The van der Waals surface area contributed by atoms with Crippen molar-refractivity contribution in [3.8, 4) is 5.75 Å². The normalized spacial score (nSPS) is 10.6. The number of amides is 2. The number of rotatable bonds is 10. The average Bonchev–Trinajstić information content (AvgIpc) is 2.80. The number of hydrogen-bond acceptors (Lipinski definition) is 4. The summed E-state index contributed by atoms with van der Waals surface area (Å²) in [5.41, 5.74) is 3.67. The second-order valence-corrected chi connectivity index (χ2v) is 7.45. The van der Waals surface area contributed by atoms with Crippen molar-refractivity contribution in [2.75, 3.05) is 37.4 Å². The average molecular weight is 432 g/mol. The van der Waals surface area contributed by atoms with Crippen molar-refractivity contribution in [2.45, 2.75) is 13.3 Å². The Morgan fingerprint density at radius 2 is 1.53 bits per heavy atom. The molecule has 3 rings (SSSR count). The highest BCUT2D eigenvalue weighted by atomic mass is 16.5. The molecule has 0 aliphatic rings. The third kappa shape index (κ3) is 6.96. The molecule has 3 aromatic carbocycles. The Kier molecular flexibility index (Phi) is 8.40. The Labute approximate surface area is 189 Å². The number of carbonyl (C=O) groups excluding carboxylic acids is 2. The van der Waals surface area contributed by atoms with Crippen LogP contribution in [0.25, 0.3) is 0 Å². The zero-order valence-electron chi connectivity index (χ0n) is 18.5. The van der Waals surface area contributed by atoms with Crippen LogP contribution < -0.4 is 15.4 Å². The van der Waals surface area contributed by atoms with Crippen molar-refractivity contribution >= 4 is 23.2 Å². The quantitative estimate of drug-likeness (QED) is 0.505. The van der Waals surface area contributed by atoms with Crippen molar-refractivity contribution in [2.24, 2.45) is 0 Å². The maximum atomic E-state index is 12.7. The van der Waals surface area contributed by atoms with E-state index in [9.17, 15) is 9.59 Å². The van der Waals surface area contributed by atoms with E-state index in [0.717, 1.165) is 17.7 Å². The van der Waals surface area contributed by atoms with Gasteiger partial charge in [0.2, 0.25) is 11.8 Å². The highest BCUT2D eigenvalue weighted by Gasteiger charge is 2.15. The van der Waals surface area contributed by atoms with Gasteiger partial charge in [-0.25, -0.2) is 0 Å². The molecule has 2 N–H and O–H groups in total. The number of nitrogens with zero attached hydrogens (tertiary/aromatic N) is 1. The fourth-order valence-corrected chi connectivity index (χ4v) is 3.39. The molecule has 0 heterocycles. The fraction of sp³-hybridized carbons (Fsp3) is 0.231. The molecule has 0 radical (unpaired) electrons. The summed E-state index contributed by atoms with van der Waals surface area (Å²) in [5.74, 6) is 0.336. The largest absolute Gasteiger partial charge is 0.497 e. The summed E-state index contributed by atoms with van der Waals surface area (Å²) in [7, 11) is 1.58. The summed E-state index contributed by atoms with van der Waals surface area (Å²) >= 11 is 0. The van der Waals surface area contributed by atoms with Gasteiger partial charge in [0.1, 0.15) is 5.75 Å². The van der Waals surface area contributed by atoms with Crippen LogP contribution in [-0.2, 0) is 16.0 Å². The lowest BCUT2D eigenvalue weighted by Crippen LogP contribution is -2.38. The Hall–Kier alpha value is -3.64. The van der Waals surface area contributed by atoms with Gasteiger partial charge in [0.25, 0.3) is 0 Å². The molecule has 0 aliphatic carbocycles. The topological polar surface area (TPSA) is 70.7 Å². The first kappa shape index (κ1) is 23.0. The standard InChI is InChI=1S/C26H29N3O3/c1-3-29(18-25(30)27-22-13-9-14-23(17-22)32-2)19-26(31)28-24-15-8-7-12-21(24)16-20-10-5-4-6-11-20/h4-15,17H,3,16,18-19H2,1-2H3,(H,27,30)(H,28,31). The molecule has 0 saturated heterocycles. The van der Waals surface area contributed by atoms with Crippen LogP contribution in [0, 0.1) is 0 Å². The number of anilines is 2. The van der Waals surface area contributed by atoms with E-state index in [2.05, 4.69) is 22.8 Å². The molecule has 3 aromatic rings. The second kappa shape index (κ2) is 11.7. The van der Waals surface area contributed by atoms with Gasteiger partial charge in [0.15, 0.2) is 0 Å². The van der Waals surface area contributed by atoms with E-state index in [0.29, 0.717) is 18.0 Å². The number of hydrogen-bond donors (Lipinski definition) is 2. The molecular formula is C26H29N3O3. The molecule has 2 amide bonds. The van der Waals surface area contributed by atoms with Crippen LogP contribution in [0.3, 0.4) is 0 Å². The minimum Gasteiger partial charge on any atom is -0.497 e. The van der Waals surface area contributed by atoms with Crippen LogP contribution in [0.15, 0.2) is 78.9 Å². The lowest BCUT2D eigenvalue weighted by atomic mass is 10.0.